The minimum atomic E-state index is -0.141. The molecule has 0 aliphatic carbocycles. The first kappa shape index (κ1) is 23.7. The third-order valence-electron chi connectivity index (χ3n) is 4.97. The number of hydrogen-bond acceptors (Lipinski definition) is 8. The number of benzene rings is 2. The van der Waals surface area contributed by atoms with Gasteiger partial charge in [-0.05, 0) is 42.3 Å². The fraction of sp³-hybridized carbons (Fsp3) is 0.304. The number of thioether (sulfide) groups is 1. The van der Waals surface area contributed by atoms with Crippen molar-refractivity contribution >= 4 is 40.3 Å². The molecule has 1 aliphatic rings. The second-order valence-corrected chi connectivity index (χ2v) is 8.37. The summed E-state index contributed by atoms with van der Waals surface area (Å²) in [7, 11) is 7.83. The van der Waals surface area contributed by atoms with E-state index in [0.717, 1.165) is 5.56 Å². The molecule has 0 unspecified atom stereocenters. The molecule has 1 heterocycles. The van der Waals surface area contributed by atoms with Crippen LogP contribution in [0.1, 0.15) is 11.1 Å². The summed E-state index contributed by atoms with van der Waals surface area (Å²) in [6, 6.07) is 9.28. The Hall–Kier alpha value is -2.91. The highest BCUT2D eigenvalue weighted by Crippen LogP contribution is 2.42. The summed E-state index contributed by atoms with van der Waals surface area (Å²) in [6.07, 6.45) is 2.39. The van der Waals surface area contributed by atoms with Gasteiger partial charge in [0.05, 0.1) is 40.5 Å². The Morgan fingerprint density at radius 3 is 2.16 bits per heavy atom. The normalized spacial score (nSPS) is 14.7. The highest BCUT2D eigenvalue weighted by Gasteiger charge is 2.32. The molecule has 0 spiro atoms. The van der Waals surface area contributed by atoms with Crippen LogP contribution in [-0.4, -0.2) is 57.2 Å². The van der Waals surface area contributed by atoms with Crippen molar-refractivity contribution in [1.29, 1.82) is 0 Å². The number of thiocarbonyl (C=S) groups is 1. The van der Waals surface area contributed by atoms with Crippen LogP contribution in [0.5, 0.6) is 28.7 Å². The number of hydrogen-bond donors (Lipinski definition) is 0. The minimum Gasteiger partial charge on any atom is -0.493 e. The highest BCUT2D eigenvalue weighted by molar-refractivity contribution is 8.26. The zero-order chi connectivity index (χ0) is 23.3. The van der Waals surface area contributed by atoms with E-state index in [-0.39, 0.29) is 5.91 Å². The lowest BCUT2D eigenvalue weighted by atomic mass is 10.1. The molecule has 1 saturated heterocycles. The first-order valence-electron chi connectivity index (χ1n) is 9.72. The largest absolute Gasteiger partial charge is 0.493 e. The molecule has 1 fully saturated rings. The van der Waals surface area contributed by atoms with Crippen molar-refractivity contribution in [3.63, 3.8) is 0 Å². The van der Waals surface area contributed by atoms with E-state index in [1.54, 1.807) is 45.5 Å². The summed E-state index contributed by atoms with van der Waals surface area (Å²) in [5.41, 5.74) is 1.72. The molecule has 0 saturated carbocycles. The molecule has 1 aliphatic heterocycles. The maximum atomic E-state index is 13.1. The number of methoxy groups -OCH3 is 5. The highest BCUT2D eigenvalue weighted by atomic mass is 32.2. The first-order valence-corrected chi connectivity index (χ1v) is 10.9. The monoisotopic (exact) mass is 475 g/mol. The van der Waals surface area contributed by atoms with Gasteiger partial charge >= 0.3 is 0 Å². The molecule has 7 nitrogen and oxygen atoms in total. The van der Waals surface area contributed by atoms with E-state index in [4.69, 9.17) is 35.9 Å². The van der Waals surface area contributed by atoms with Crippen LogP contribution in [0.2, 0.25) is 0 Å². The van der Waals surface area contributed by atoms with Gasteiger partial charge < -0.3 is 23.7 Å². The summed E-state index contributed by atoms with van der Waals surface area (Å²) in [4.78, 5) is 15.2. The maximum absolute atomic E-state index is 13.1. The second kappa shape index (κ2) is 10.6. The van der Waals surface area contributed by atoms with Gasteiger partial charge in [0, 0.05) is 12.1 Å². The van der Waals surface area contributed by atoms with E-state index in [2.05, 4.69) is 0 Å². The van der Waals surface area contributed by atoms with Crippen molar-refractivity contribution in [2.24, 2.45) is 0 Å². The molecule has 3 rings (SSSR count). The molecule has 0 aromatic heterocycles. The fourth-order valence-electron chi connectivity index (χ4n) is 3.35. The van der Waals surface area contributed by atoms with E-state index in [0.29, 0.717) is 56.5 Å². The molecule has 0 atom stereocenters. The molecule has 2 aromatic rings. The van der Waals surface area contributed by atoms with Gasteiger partial charge in [0.15, 0.2) is 23.0 Å². The van der Waals surface area contributed by atoms with E-state index in [9.17, 15) is 4.79 Å². The van der Waals surface area contributed by atoms with Crippen LogP contribution >= 0.6 is 24.0 Å². The lowest BCUT2D eigenvalue weighted by Gasteiger charge is -2.15. The number of nitrogens with zero attached hydrogens (tertiary/aromatic N) is 1. The van der Waals surface area contributed by atoms with E-state index in [1.165, 1.54) is 18.9 Å². The Morgan fingerprint density at radius 2 is 1.53 bits per heavy atom. The summed E-state index contributed by atoms with van der Waals surface area (Å²) in [5, 5.41) is 0. The fourth-order valence-corrected chi connectivity index (χ4v) is 4.65. The van der Waals surface area contributed by atoms with E-state index in [1.807, 2.05) is 24.3 Å². The number of rotatable bonds is 9. The molecular weight excluding hydrogens is 450 g/mol. The smallest absolute Gasteiger partial charge is 0.266 e. The van der Waals surface area contributed by atoms with Crippen LogP contribution in [0.15, 0.2) is 35.2 Å². The predicted octanol–water partition coefficient (Wildman–Crippen LogP) is 4.17. The van der Waals surface area contributed by atoms with Crippen molar-refractivity contribution in [1.82, 2.24) is 4.90 Å². The van der Waals surface area contributed by atoms with Crippen LogP contribution in [-0.2, 0) is 11.2 Å². The molecule has 32 heavy (non-hydrogen) atoms. The summed E-state index contributed by atoms with van der Waals surface area (Å²) >= 11 is 6.74. The van der Waals surface area contributed by atoms with E-state index >= 15 is 0 Å². The van der Waals surface area contributed by atoms with Gasteiger partial charge in [-0.1, -0.05) is 30.0 Å². The van der Waals surface area contributed by atoms with Gasteiger partial charge in [-0.2, -0.15) is 0 Å². The molecular formula is C23H25NO6S2. The van der Waals surface area contributed by atoms with Crippen molar-refractivity contribution < 1.29 is 28.5 Å². The van der Waals surface area contributed by atoms with Gasteiger partial charge in [0.2, 0.25) is 5.75 Å². The summed E-state index contributed by atoms with van der Waals surface area (Å²) in [6.45, 7) is 0.459. The van der Waals surface area contributed by atoms with Gasteiger partial charge in [0.25, 0.3) is 5.91 Å². The lowest BCUT2D eigenvalue weighted by molar-refractivity contribution is -0.122. The van der Waals surface area contributed by atoms with Crippen LogP contribution in [0.25, 0.3) is 6.08 Å². The average molecular weight is 476 g/mol. The Bertz CT molecular complexity index is 1050. The predicted molar refractivity (Wildman–Crippen MR) is 129 cm³/mol. The zero-order valence-corrected chi connectivity index (χ0v) is 20.2. The summed E-state index contributed by atoms with van der Waals surface area (Å²) in [5.74, 6) is 2.67. The third-order valence-corrected chi connectivity index (χ3v) is 6.34. The number of amides is 1. The van der Waals surface area contributed by atoms with Gasteiger partial charge in [-0.25, -0.2) is 0 Å². The van der Waals surface area contributed by atoms with Crippen molar-refractivity contribution in [2.45, 2.75) is 6.42 Å². The molecule has 0 N–H and O–H groups in total. The zero-order valence-electron chi connectivity index (χ0n) is 18.6. The van der Waals surface area contributed by atoms with Crippen LogP contribution in [0.3, 0.4) is 0 Å². The van der Waals surface area contributed by atoms with Crippen molar-refractivity contribution in [3.8, 4) is 28.7 Å². The first-order chi connectivity index (χ1) is 15.5. The molecule has 170 valence electrons. The number of carbonyl (C=O) groups excluding carboxylic acids is 1. The lowest BCUT2D eigenvalue weighted by Crippen LogP contribution is -2.30. The molecule has 0 radical (unpaired) electrons. The van der Waals surface area contributed by atoms with Crippen molar-refractivity contribution in [3.05, 3.63) is 46.4 Å². The van der Waals surface area contributed by atoms with Gasteiger partial charge in [0.1, 0.15) is 4.32 Å². The minimum absolute atomic E-state index is 0.141. The number of carbonyl (C=O) groups is 1. The standard InChI is InChI=1S/C23H25NO6S2/c1-26-16-8-6-14(12-18(16)28-3)10-11-24-22(25)19(32-23(24)31)13-15-7-9-17(27-2)21(30-5)20(15)29-4/h6-9,12-13H,10-11H2,1-5H3. The van der Waals surface area contributed by atoms with Crippen LogP contribution < -0.4 is 23.7 Å². The van der Waals surface area contributed by atoms with Crippen molar-refractivity contribution in [2.75, 3.05) is 42.1 Å². The SMILES string of the molecule is COc1ccc(CCN2C(=O)C(=Cc3ccc(OC)c(OC)c3OC)SC2=S)cc1OC. The quantitative estimate of drug-likeness (QED) is 0.395. The molecule has 2 aromatic carbocycles. The Morgan fingerprint density at radius 1 is 0.875 bits per heavy atom. The van der Waals surface area contributed by atoms with E-state index < -0.39 is 0 Å². The van der Waals surface area contributed by atoms with Gasteiger partial charge in [-0.15, -0.1) is 0 Å². The Balaban J connectivity index is 1.80. The topological polar surface area (TPSA) is 66.5 Å². The maximum Gasteiger partial charge on any atom is 0.266 e. The molecule has 0 bridgehead atoms. The molecule has 1 amide bonds. The van der Waals surface area contributed by atoms with Crippen LogP contribution in [0.4, 0.5) is 0 Å². The van der Waals surface area contributed by atoms with Gasteiger partial charge in [-0.3, -0.25) is 9.69 Å². The second-order valence-electron chi connectivity index (χ2n) is 6.70. The number of ether oxygens (including phenoxy) is 5. The average Bonchev–Trinajstić information content (AvgIpc) is 3.08. The summed E-state index contributed by atoms with van der Waals surface area (Å²) < 4.78 is 27.4. The van der Waals surface area contributed by atoms with Crippen LogP contribution in [0, 0.1) is 0 Å². The Labute approximate surface area is 197 Å². The Kier molecular flexibility index (Phi) is 7.87. The third kappa shape index (κ3) is 4.78. The molecule has 9 heteroatoms.